The van der Waals surface area contributed by atoms with Crippen LogP contribution in [-0.2, 0) is 6.54 Å². The maximum atomic E-state index is 5.92. The van der Waals surface area contributed by atoms with Gasteiger partial charge in [0.2, 0.25) is 0 Å². The van der Waals surface area contributed by atoms with Crippen molar-refractivity contribution in [2.75, 3.05) is 0 Å². The van der Waals surface area contributed by atoms with Crippen molar-refractivity contribution in [3.8, 4) is 11.5 Å². The minimum atomic E-state index is 0.344. The van der Waals surface area contributed by atoms with E-state index in [0.29, 0.717) is 33.1 Å². The Morgan fingerprint density at radius 1 is 0.944 bits per heavy atom. The number of nitrogens with two attached hydrogens (primary N) is 1. The van der Waals surface area contributed by atoms with Crippen molar-refractivity contribution < 1.29 is 4.74 Å². The monoisotopic (exact) mass is 301 g/mol. The highest BCUT2D eigenvalue weighted by Gasteiger charge is 2.06. The van der Waals surface area contributed by atoms with Gasteiger partial charge in [0, 0.05) is 23.2 Å². The average molecular weight is 303 g/mol. The van der Waals surface area contributed by atoms with Crippen LogP contribution in [0.25, 0.3) is 0 Å². The zero-order valence-corrected chi connectivity index (χ0v) is 11.6. The molecule has 0 atom stereocenters. The molecule has 5 heteroatoms. The van der Waals surface area contributed by atoms with Crippen molar-refractivity contribution in [1.29, 1.82) is 0 Å². The van der Waals surface area contributed by atoms with Gasteiger partial charge in [-0.05, 0) is 30.3 Å². The first-order valence-corrected chi connectivity index (χ1v) is 6.35. The molecule has 2 aromatic carbocycles. The number of hydrogen-bond acceptors (Lipinski definition) is 2. The van der Waals surface area contributed by atoms with Gasteiger partial charge in [-0.2, -0.15) is 0 Å². The number of hydrogen-bond donors (Lipinski definition) is 1. The van der Waals surface area contributed by atoms with Crippen LogP contribution in [0.1, 0.15) is 5.56 Å². The van der Waals surface area contributed by atoms with Crippen LogP contribution in [0, 0.1) is 0 Å². The molecular formula is C13H10Cl3NO. The molecule has 2 rings (SSSR count). The lowest BCUT2D eigenvalue weighted by Gasteiger charge is -2.11. The van der Waals surface area contributed by atoms with Crippen LogP contribution in [0.15, 0.2) is 36.4 Å². The predicted octanol–water partition coefficient (Wildman–Crippen LogP) is 4.90. The van der Waals surface area contributed by atoms with Gasteiger partial charge in [-0.3, -0.25) is 0 Å². The molecule has 0 saturated heterocycles. The van der Waals surface area contributed by atoms with Crippen molar-refractivity contribution in [3.63, 3.8) is 0 Å². The molecule has 0 aliphatic carbocycles. The third-order valence-corrected chi connectivity index (χ3v) is 3.34. The van der Waals surface area contributed by atoms with Crippen LogP contribution in [0.5, 0.6) is 11.5 Å². The third kappa shape index (κ3) is 3.09. The second-order valence-electron chi connectivity index (χ2n) is 3.63. The summed E-state index contributed by atoms with van der Waals surface area (Å²) in [5.74, 6) is 1.25. The second kappa shape index (κ2) is 5.81. The largest absolute Gasteiger partial charge is 0.457 e. The molecule has 0 bridgehead atoms. The number of halogens is 3. The Balaban J connectivity index is 2.30. The van der Waals surface area contributed by atoms with E-state index < -0.39 is 0 Å². The van der Waals surface area contributed by atoms with Gasteiger partial charge in [-0.15, -0.1) is 0 Å². The van der Waals surface area contributed by atoms with Crippen LogP contribution in [-0.4, -0.2) is 0 Å². The van der Waals surface area contributed by atoms with Gasteiger partial charge in [0.25, 0.3) is 0 Å². The highest BCUT2D eigenvalue weighted by molar-refractivity contribution is 6.42. The van der Waals surface area contributed by atoms with E-state index in [0.717, 1.165) is 5.56 Å². The number of rotatable bonds is 3. The van der Waals surface area contributed by atoms with Crippen molar-refractivity contribution in [1.82, 2.24) is 0 Å². The first kappa shape index (κ1) is 13.5. The molecule has 0 fully saturated rings. The second-order valence-corrected chi connectivity index (χ2v) is 4.88. The van der Waals surface area contributed by atoms with Crippen LogP contribution in [0.3, 0.4) is 0 Å². The van der Waals surface area contributed by atoms with E-state index in [1.807, 2.05) is 0 Å². The summed E-state index contributed by atoms with van der Waals surface area (Å²) in [7, 11) is 0. The van der Waals surface area contributed by atoms with Gasteiger partial charge in [-0.1, -0.05) is 34.8 Å². The van der Waals surface area contributed by atoms with E-state index in [4.69, 9.17) is 45.3 Å². The maximum Gasteiger partial charge on any atom is 0.132 e. The molecule has 0 amide bonds. The topological polar surface area (TPSA) is 35.2 Å². The van der Waals surface area contributed by atoms with Gasteiger partial charge < -0.3 is 10.5 Å². The fraction of sp³-hybridized carbons (Fsp3) is 0.0769. The summed E-state index contributed by atoms with van der Waals surface area (Å²) in [5.41, 5.74) is 6.47. The van der Waals surface area contributed by atoms with Gasteiger partial charge >= 0.3 is 0 Å². The molecule has 94 valence electrons. The molecule has 2 nitrogen and oxygen atoms in total. The van der Waals surface area contributed by atoms with Crippen LogP contribution >= 0.6 is 34.8 Å². The van der Waals surface area contributed by atoms with Crippen LogP contribution in [0.2, 0.25) is 15.1 Å². The number of benzene rings is 2. The molecule has 0 saturated carbocycles. The van der Waals surface area contributed by atoms with Crippen LogP contribution < -0.4 is 10.5 Å². The Kier molecular flexibility index (Phi) is 4.36. The van der Waals surface area contributed by atoms with Crippen molar-refractivity contribution in [3.05, 3.63) is 57.0 Å². The summed E-state index contributed by atoms with van der Waals surface area (Å²) in [5, 5.41) is 1.55. The lowest BCUT2D eigenvalue weighted by molar-refractivity contribution is 0.476. The first-order chi connectivity index (χ1) is 8.60. The first-order valence-electron chi connectivity index (χ1n) is 5.21. The summed E-state index contributed by atoms with van der Waals surface area (Å²) >= 11 is 17.7. The molecule has 0 unspecified atom stereocenters. The maximum absolute atomic E-state index is 5.92. The van der Waals surface area contributed by atoms with E-state index in [-0.39, 0.29) is 0 Å². The summed E-state index contributed by atoms with van der Waals surface area (Å²) < 4.78 is 5.71. The molecule has 0 spiro atoms. The molecule has 0 heterocycles. The normalized spacial score (nSPS) is 10.4. The van der Waals surface area contributed by atoms with E-state index >= 15 is 0 Å². The SMILES string of the molecule is NCc1cc(Cl)ccc1Oc1ccc(Cl)c(Cl)c1. The fourth-order valence-corrected chi connectivity index (χ4v) is 1.96. The van der Waals surface area contributed by atoms with E-state index in [1.165, 1.54) is 0 Å². The smallest absolute Gasteiger partial charge is 0.132 e. The Morgan fingerprint density at radius 2 is 1.72 bits per heavy atom. The van der Waals surface area contributed by atoms with Crippen molar-refractivity contribution in [2.24, 2.45) is 5.73 Å². The lowest BCUT2D eigenvalue weighted by Crippen LogP contribution is -1.99. The molecule has 0 aliphatic heterocycles. The minimum absolute atomic E-state index is 0.344. The van der Waals surface area contributed by atoms with E-state index in [9.17, 15) is 0 Å². The molecule has 2 N–H and O–H groups in total. The Morgan fingerprint density at radius 3 is 2.39 bits per heavy atom. The highest BCUT2D eigenvalue weighted by Crippen LogP contribution is 2.31. The fourth-order valence-electron chi connectivity index (χ4n) is 1.47. The molecule has 0 radical (unpaired) electrons. The van der Waals surface area contributed by atoms with E-state index in [1.54, 1.807) is 36.4 Å². The molecule has 0 aliphatic rings. The highest BCUT2D eigenvalue weighted by atomic mass is 35.5. The predicted molar refractivity (Wildman–Crippen MR) is 75.9 cm³/mol. The summed E-state index contributed by atoms with van der Waals surface area (Å²) in [4.78, 5) is 0. The summed E-state index contributed by atoms with van der Waals surface area (Å²) in [6.07, 6.45) is 0. The standard InChI is InChI=1S/C13H10Cl3NO/c14-9-1-4-13(8(5-9)7-17)18-10-2-3-11(15)12(16)6-10/h1-6H,7,17H2. The zero-order chi connectivity index (χ0) is 13.1. The van der Waals surface area contributed by atoms with Crippen molar-refractivity contribution >= 4 is 34.8 Å². The summed E-state index contributed by atoms with van der Waals surface area (Å²) in [6, 6.07) is 10.4. The molecule has 18 heavy (non-hydrogen) atoms. The molecule has 0 aromatic heterocycles. The van der Waals surface area contributed by atoms with Gasteiger partial charge in [0.05, 0.1) is 10.0 Å². The third-order valence-electron chi connectivity index (χ3n) is 2.36. The van der Waals surface area contributed by atoms with Crippen LogP contribution in [0.4, 0.5) is 0 Å². The van der Waals surface area contributed by atoms with Crippen molar-refractivity contribution in [2.45, 2.75) is 6.54 Å². The lowest BCUT2D eigenvalue weighted by atomic mass is 10.2. The summed E-state index contributed by atoms with van der Waals surface area (Å²) in [6.45, 7) is 0.344. The van der Waals surface area contributed by atoms with Gasteiger partial charge in [0.15, 0.2) is 0 Å². The Labute approximate surface area is 120 Å². The quantitative estimate of drug-likeness (QED) is 0.875. The van der Waals surface area contributed by atoms with Gasteiger partial charge in [-0.25, -0.2) is 0 Å². The molecular weight excluding hydrogens is 293 g/mol. The van der Waals surface area contributed by atoms with E-state index in [2.05, 4.69) is 0 Å². The van der Waals surface area contributed by atoms with Gasteiger partial charge in [0.1, 0.15) is 11.5 Å². The Hall–Kier alpha value is -0.930. The zero-order valence-electron chi connectivity index (χ0n) is 9.29. The minimum Gasteiger partial charge on any atom is -0.457 e. The number of ether oxygens (including phenoxy) is 1. The molecule has 2 aromatic rings. The average Bonchev–Trinajstić information content (AvgIpc) is 2.36. The Bertz CT molecular complexity index is 572.